The van der Waals surface area contributed by atoms with Crippen LogP contribution < -0.4 is 9.47 Å². The standard InChI is InChI=1S/C15H13BrCl2O2/c1-19-13-3-5-15(10(7-13)8-16)20-9-11-6-12(17)2-4-14(11)18/h2-7H,8-9H2,1H3. The lowest BCUT2D eigenvalue weighted by Crippen LogP contribution is -1.99. The van der Waals surface area contributed by atoms with Crippen molar-refractivity contribution >= 4 is 39.1 Å². The van der Waals surface area contributed by atoms with Crippen molar-refractivity contribution in [1.29, 1.82) is 0 Å². The Morgan fingerprint density at radius 1 is 1.05 bits per heavy atom. The highest BCUT2D eigenvalue weighted by Gasteiger charge is 2.07. The van der Waals surface area contributed by atoms with Gasteiger partial charge in [-0.2, -0.15) is 0 Å². The number of rotatable bonds is 5. The molecular formula is C15H13BrCl2O2. The van der Waals surface area contributed by atoms with Gasteiger partial charge in [-0.15, -0.1) is 0 Å². The first kappa shape index (κ1) is 15.5. The number of methoxy groups -OCH3 is 1. The van der Waals surface area contributed by atoms with Crippen molar-refractivity contribution in [1.82, 2.24) is 0 Å². The van der Waals surface area contributed by atoms with Crippen LogP contribution in [0.25, 0.3) is 0 Å². The smallest absolute Gasteiger partial charge is 0.124 e. The van der Waals surface area contributed by atoms with Crippen LogP contribution in [0.5, 0.6) is 11.5 Å². The summed E-state index contributed by atoms with van der Waals surface area (Å²) in [7, 11) is 1.64. The molecule has 0 unspecified atom stereocenters. The molecule has 2 rings (SSSR count). The summed E-state index contributed by atoms with van der Waals surface area (Å²) >= 11 is 15.5. The number of benzene rings is 2. The summed E-state index contributed by atoms with van der Waals surface area (Å²) in [5, 5.41) is 1.97. The summed E-state index contributed by atoms with van der Waals surface area (Å²) < 4.78 is 11.0. The highest BCUT2D eigenvalue weighted by atomic mass is 79.9. The predicted molar refractivity (Wildman–Crippen MR) is 86.4 cm³/mol. The molecule has 0 aliphatic heterocycles. The van der Waals surface area contributed by atoms with Crippen molar-refractivity contribution in [2.45, 2.75) is 11.9 Å². The maximum atomic E-state index is 6.12. The molecule has 0 aliphatic carbocycles. The minimum atomic E-state index is 0.367. The van der Waals surface area contributed by atoms with Gasteiger partial charge in [0.2, 0.25) is 0 Å². The van der Waals surface area contributed by atoms with Crippen molar-refractivity contribution in [2.24, 2.45) is 0 Å². The van der Waals surface area contributed by atoms with E-state index in [1.807, 2.05) is 18.2 Å². The van der Waals surface area contributed by atoms with E-state index < -0.39 is 0 Å². The minimum absolute atomic E-state index is 0.367. The fourth-order valence-electron chi connectivity index (χ4n) is 1.74. The van der Waals surface area contributed by atoms with Crippen LogP contribution >= 0.6 is 39.1 Å². The lowest BCUT2D eigenvalue weighted by atomic mass is 10.2. The molecule has 0 heterocycles. The van der Waals surface area contributed by atoms with Crippen molar-refractivity contribution in [3.63, 3.8) is 0 Å². The lowest BCUT2D eigenvalue weighted by molar-refractivity contribution is 0.303. The van der Waals surface area contributed by atoms with Gasteiger partial charge in [0.1, 0.15) is 18.1 Å². The highest BCUT2D eigenvalue weighted by Crippen LogP contribution is 2.28. The Labute approximate surface area is 136 Å². The van der Waals surface area contributed by atoms with Crippen LogP contribution in [0.2, 0.25) is 10.0 Å². The molecule has 2 aromatic carbocycles. The number of alkyl halides is 1. The Morgan fingerprint density at radius 2 is 1.85 bits per heavy atom. The van der Waals surface area contributed by atoms with Gasteiger partial charge in [-0.3, -0.25) is 0 Å². The van der Waals surface area contributed by atoms with Gasteiger partial charge in [0.25, 0.3) is 0 Å². The lowest BCUT2D eigenvalue weighted by Gasteiger charge is -2.12. The zero-order chi connectivity index (χ0) is 14.5. The van der Waals surface area contributed by atoms with Crippen LogP contribution in [0.1, 0.15) is 11.1 Å². The first-order chi connectivity index (χ1) is 9.63. The van der Waals surface area contributed by atoms with E-state index >= 15 is 0 Å². The Morgan fingerprint density at radius 3 is 2.55 bits per heavy atom. The number of halogens is 3. The van der Waals surface area contributed by atoms with Gasteiger partial charge in [-0.05, 0) is 36.4 Å². The van der Waals surface area contributed by atoms with Crippen molar-refractivity contribution in [3.8, 4) is 11.5 Å². The molecule has 20 heavy (non-hydrogen) atoms. The second kappa shape index (κ2) is 7.21. The molecule has 2 aromatic rings. The van der Waals surface area contributed by atoms with E-state index in [-0.39, 0.29) is 0 Å². The van der Waals surface area contributed by atoms with E-state index in [1.165, 1.54) is 0 Å². The molecule has 0 atom stereocenters. The molecule has 0 amide bonds. The minimum Gasteiger partial charge on any atom is -0.497 e. The summed E-state index contributed by atoms with van der Waals surface area (Å²) in [4.78, 5) is 0. The third-order valence-corrected chi connectivity index (χ3v) is 4.01. The Hall–Kier alpha value is -0.900. The molecule has 0 aromatic heterocycles. The molecule has 106 valence electrons. The monoisotopic (exact) mass is 374 g/mol. The SMILES string of the molecule is COc1ccc(OCc2cc(Cl)ccc2Cl)c(CBr)c1. The quantitative estimate of drug-likeness (QED) is 0.644. The molecule has 0 N–H and O–H groups in total. The van der Waals surface area contributed by atoms with Gasteiger partial charge in [-0.1, -0.05) is 39.1 Å². The van der Waals surface area contributed by atoms with Crippen LogP contribution in [-0.4, -0.2) is 7.11 Å². The molecule has 0 bridgehead atoms. The highest BCUT2D eigenvalue weighted by molar-refractivity contribution is 9.08. The van der Waals surface area contributed by atoms with E-state index in [1.54, 1.807) is 25.3 Å². The third kappa shape index (κ3) is 3.81. The topological polar surface area (TPSA) is 18.5 Å². The van der Waals surface area contributed by atoms with Gasteiger partial charge in [-0.25, -0.2) is 0 Å². The molecule has 0 saturated carbocycles. The Bertz CT molecular complexity index is 602. The number of ether oxygens (including phenoxy) is 2. The first-order valence-electron chi connectivity index (χ1n) is 5.93. The normalized spacial score (nSPS) is 10.4. The molecule has 0 spiro atoms. The summed E-state index contributed by atoms with van der Waals surface area (Å²) in [5.74, 6) is 1.59. The molecule has 5 heteroatoms. The second-order valence-corrected chi connectivity index (χ2v) is 5.54. The molecule has 2 nitrogen and oxygen atoms in total. The van der Waals surface area contributed by atoms with Gasteiger partial charge < -0.3 is 9.47 Å². The van der Waals surface area contributed by atoms with Crippen molar-refractivity contribution in [3.05, 3.63) is 57.6 Å². The predicted octanol–water partition coefficient (Wildman–Crippen LogP) is 5.48. The van der Waals surface area contributed by atoms with Crippen LogP contribution in [-0.2, 0) is 11.9 Å². The van der Waals surface area contributed by atoms with E-state index in [0.29, 0.717) is 22.0 Å². The zero-order valence-corrected chi connectivity index (χ0v) is 13.9. The molecular weight excluding hydrogens is 363 g/mol. The number of hydrogen-bond acceptors (Lipinski definition) is 2. The van der Waals surface area contributed by atoms with Gasteiger partial charge in [0.15, 0.2) is 0 Å². The van der Waals surface area contributed by atoms with E-state index in [4.69, 9.17) is 32.7 Å². The van der Waals surface area contributed by atoms with Gasteiger partial charge in [0, 0.05) is 26.5 Å². The van der Waals surface area contributed by atoms with E-state index in [9.17, 15) is 0 Å². The number of hydrogen-bond donors (Lipinski definition) is 0. The second-order valence-electron chi connectivity index (χ2n) is 4.13. The third-order valence-electron chi connectivity index (χ3n) is 2.80. The molecule has 0 radical (unpaired) electrons. The van der Waals surface area contributed by atoms with Crippen LogP contribution in [0, 0.1) is 0 Å². The summed E-state index contributed by atoms with van der Waals surface area (Å²) in [6.45, 7) is 0.367. The molecule has 0 saturated heterocycles. The van der Waals surface area contributed by atoms with Crippen LogP contribution in [0.3, 0.4) is 0 Å². The van der Waals surface area contributed by atoms with Gasteiger partial charge in [0.05, 0.1) is 7.11 Å². The van der Waals surface area contributed by atoms with E-state index in [0.717, 1.165) is 22.6 Å². The molecule has 0 fully saturated rings. The van der Waals surface area contributed by atoms with Crippen LogP contribution in [0.4, 0.5) is 0 Å². The molecule has 0 aliphatic rings. The average molecular weight is 376 g/mol. The fourth-order valence-corrected chi connectivity index (χ4v) is 2.54. The van der Waals surface area contributed by atoms with Crippen molar-refractivity contribution < 1.29 is 9.47 Å². The van der Waals surface area contributed by atoms with E-state index in [2.05, 4.69) is 15.9 Å². The zero-order valence-electron chi connectivity index (χ0n) is 10.8. The van der Waals surface area contributed by atoms with Gasteiger partial charge >= 0.3 is 0 Å². The Balaban J connectivity index is 2.16. The van der Waals surface area contributed by atoms with Crippen LogP contribution in [0.15, 0.2) is 36.4 Å². The summed E-state index contributed by atoms with van der Waals surface area (Å²) in [6.07, 6.45) is 0. The summed E-state index contributed by atoms with van der Waals surface area (Å²) in [6, 6.07) is 11.0. The maximum Gasteiger partial charge on any atom is 0.124 e. The average Bonchev–Trinajstić information content (AvgIpc) is 2.48. The maximum absolute atomic E-state index is 6.12. The summed E-state index contributed by atoms with van der Waals surface area (Å²) in [5.41, 5.74) is 1.87. The fraction of sp³-hybridized carbons (Fsp3) is 0.200. The Kier molecular flexibility index (Phi) is 5.58. The van der Waals surface area contributed by atoms with Crippen molar-refractivity contribution in [2.75, 3.05) is 7.11 Å². The first-order valence-corrected chi connectivity index (χ1v) is 7.81. The largest absolute Gasteiger partial charge is 0.497 e.